The number of benzene rings is 2. The largest absolute Gasteiger partial charge is 0.489 e. The number of amides is 1. The van der Waals surface area contributed by atoms with Gasteiger partial charge in [-0.05, 0) is 60.2 Å². The number of sulfone groups is 1. The first kappa shape index (κ1) is 28.4. The zero-order valence-electron chi connectivity index (χ0n) is 21.1. The lowest BCUT2D eigenvalue weighted by molar-refractivity contribution is -0.137. The zero-order valence-corrected chi connectivity index (χ0v) is 21.9. The second-order valence-corrected chi connectivity index (χ2v) is 11.5. The number of hydrogen-bond acceptors (Lipinski definition) is 7. The number of halogens is 3. The van der Waals surface area contributed by atoms with E-state index in [4.69, 9.17) is 10.5 Å². The normalized spacial score (nSPS) is 16.7. The van der Waals surface area contributed by atoms with Gasteiger partial charge in [0.05, 0.1) is 41.0 Å². The van der Waals surface area contributed by atoms with E-state index in [1.165, 1.54) is 37.4 Å². The first-order chi connectivity index (χ1) is 18.4. The number of aromatic nitrogens is 1. The molecule has 0 bridgehead atoms. The van der Waals surface area contributed by atoms with Gasteiger partial charge in [-0.3, -0.25) is 9.78 Å². The van der Waals surface area contributed by atoms with Gasteiger partial charge in [0.2, 0.25) is 5.91 Å². The summed E-state index contributed by atoms with van der Waals surface area (Å²) in [4.78, 5) is 18.5. The van der Waals surface area contributed by atoms with Crippen molar-refractivity contribution in [2.24, 2.45) is 5.73 Å². The zero-order chi connectivity index (χ0) is 28.4. The Labute approximate surface area is 224 Å². The van der Waals surface area contributed by atoms with E-state index >= 15 is 0 Å². The number of nitrogens with two attached hydrogens (primary N) is 1. The van der Waals surface area contributed by atoms with Gasteiger partial charge in [-0.2, -0.15) is 13.2 Å². The molecule has 4 rings (SSSR count). The number of primary amides is 1. The quantitative estimate of drug-likeness (QED) is 0.406. The highest BCUT2D eigenvalue weighted by Crippen LogP contribution is 2.33. The lowest BCUT2D eigenvalue weighted by Crippen LogP contribution is -2.25. The van der Waals surface area contributed by atoms with E-state index in [9.17, 15) is 31.5 Å². The fourth-order valence-electron chi connectivity index (χ4n) is 4.53. The maximum absolute atomic E-state index is 12.8. The van der Waals surface area contributed by atoms with Gasteiger partial charge >= 0.3 is 6.18 Å². The molecule has 0 spiro atoms. The average Bonchev–Trinajstić information content (AvgIpc) is 3.37. The molecule has 2 atom stereocenters. The Hall–Kier alpha value is -3.64. The fourth-order valence-corrected chi connectivity index (χ4v) is 5.36. The number of aliphatic hydroxyl groups excluding tert-OH is 1. The van der Waals surface area contributed by atoms with Crippen molar-refractivity contribution < 1.29 is 36.2 Å². The van der Waals surface area contributed by atoms with Crippen LogP contribution in [-0.2, 0) is 16.0 Å². The van der Waals surface area contributed by atoms with Crippen molar-refractivity contribution in [3.8, 4) is 5.75 Å². The number of alkyl halides is 3. The van der Waals surface area contributed by atoms with Crippen molar-refractivity contribution in [2.45, 2.75) is 36.4 Å². The highest BCUT2D eigenvalue weighted by molar-refractivity contribution is 7.91. The Morgan fingerprint density at radius 2 is 1.90 bits per heavy atom. The SMILES string of the molecule is CCS(=O)(=O)c1ccc([C@H](CO)c2cc(N3CCC(Oc4ccc(C(F)(F)F)cc4)C3)ccc2C(N)=O)nc1. The molecule has 1 saturated heterocycles. The summed E-state index contributed by atoms with van der Waals surface area (Å²) >= 11 is 0. The van der Waals surface area contributed by atoms with Crippen LogP contribution in [-0.4, -0.2) is 56.0 Å². The number of aliphatic hydroxyl groups is 1. The molecule has 2 heterocycles. The molecule has 208 valence electrons. The number of carbonyl (C=O) groups is 1. The third kappa shape index (κ3) is 6.34. The Morgan fingerprint density at radius 1 is 1.18 bits per heavy atom. The minimum absolute atomic E-state index is 0.0606. The summed E-state index contributed by atoms with van der Waals surface area (Å²) in [5.74, 6) is -1.18. The molecular formula is C27H28F3N3O5S. The van der Waals surface area contributed by atoms with Crippen LogP contribution in [0.1, 0.15) is 46.4 Å². The van der Waals surface area contributed by atoms with Crippen LogP contribution in [0, 0.1) is 0 Å². The summed E-state index contributed by atoms with van der Waals surface area (Å²) in [7, 11) is -3.46. The van der Waals surface area contributed by atoms with Crippen molar-refractivity contribution in [3.05, 3.63) is 83.2 Å². The fraction of sp³-hybridized carbons (Fsp3) is 0.333. The van der Waals surface area contributed by atoms with E-state index in [1.807, 2.05) is 4.90 Å². The molecule has 1 fully saturated rings. The first-order valence-electron chi connectivity index (χ1n) is 12.2. The minimum atomic E-state index is -4.42. The summed E-state index contributed by atoms with van der Waals surface area (Å²) in [5, 5.41) is 10.2. The predicted molar refractivity (Wildman–Crippen MR) is 139 cm³/mol. The van der Waals surface area contributed by atoms with Crippen molar-refractivity contribution >= 4 is 21.4 Å². The van der Waals surface area contributed by atoms with Gasteiger partial charge < -0.3 is 20.5 Å². The number of pyridine rings is 1. The van der Waals surface area contributed by atoms with Crippen LogP contribution in [0.25, 0.3) is 0 Å². The Bertz CT molecular complexity index is 1430. The highest BCUT2D eigenvalue weighted by Gasteiger charge is 2.31. The van der Waals surface area contributed by atoms with Crippen molar-refractivity contribution in [1.29, 1.82) is 0 Å². The topological polar surface area (TPSA) is 123 Å². The van der Waals surface area contributed by atoms with E-state index in [0.29, 0.717) is 36.5 Å². The lowest BCUT2D eigenvalue weighted by Gasteiger charge is -2.23. The average molecular weight is 564 g/mol. The molecule has 1 aliphatic rings. The van der Waals surface area contributed by atoms with E-state index in [-0.39, 0.29) is 22.3 Å². The summed E-state index contributed by atoms with van der Waals surface area (Å²) in [6, 6.07) is 12.5. The Kier molecular flexibility index (Phi) is 8.17. The Morgan fingerprint density at radius 3 is 2.46 bits per heavy atom. The first-order valence-corrected chi connectivity index (χ1v) is 13.9. The third-order valence-electron chi connectivity index (χ3n) is 6.71. The van der Waals surface area contributed by atoms with Gasteiger partial charge in [-0.1, -0.05) is 6.92 Å². The van der Waals surface area contributed by atoms with Crippen LogP contribution in [0.5, 0.6) is 5.75 Å². The van der Waals surface area contributed by atoms with Gasteiger partial charge in [0, 0.05) is 30.4 Å². The predicted octanol–water partition coefficient (Wildman–Crippen LogP) is 3.77. The van der Waals surface area contributed by atoms with E-state index in [2.05, 4.69) is 4.98 Å². The van der Waals surface area contributed by atoms with Gasteiger partial charge in [-0.15, -0.1) is 0 Å². The second-order valence-electron chi connectivity index (χ2n) is 9.19. The molecule has 12 heteroatoms. The van der Waals surface area contributed by atoms with Gasteiger partial charge in [0.25, 0.3) is 0 Å². The van der Waals surface area contributed by atoms with Crippen LogP contribution in [0.15, 0.2) is 65.7 Å². The second kappa shape index (κ2) is 11.2. The van der Waals surface area contributed by atoms with E-state index in [0.717, 1.165) is 17.8 Å². The molecule has 8 nitrogen and oxygen atoms in total. The van der Waals surface area contributed by atoms with E-state index < -0.39 is 40.0 Å². The van der Waals surface area contributed by atoms with Crippen LogP contribution in [0.3, 0.4) is 0 Å². The number of anilines is 1. The lowest BCUT2D eigenvalue weighted by atomic mass is 9.90. The minimum Gasteiger partial charge on any atom is -0.489 e. The Balaban J connectivity index is 1.55. The van der Waals surface area contributed by atoms with Crippen LogP contribution in [0.4, 0.5) is 18.9 Å². The van der Waals surface area contributed by atoms with Crippen LogP contribution >= 0.6 is 0 Å². The summed E-state index contributed by atoms with van der Waals surface area (Å²) < 4.78 is 68.6. The molecule has 0 aliphatic carbocycles. The maximum atomic E-state index is 12.8. The summed E-state index contributed by atoms with van der Waals surface area (Å²) in [6.07, 6.45) is -2.85. The molecule has 0 radical (unpaired) electrons. The number of rotatable bonds is 9. The number of nitrogens with zero attached hydrogens (tertiary/aromatic N) is 2. The highest BCUT2D eigenvalue weighted by atomic mass is 32.2. The van der Waals surface area contributed by atoms with Gasteiger partial charge in [0.1, 0.15) is 11.9 Å². The molecule has 3 aromatic rings. The molecule has 1 unspecified atom stereocenters. The molecule has 1 aliphatic heterocycles. The maximum Gasteiger partial charge on any atom is 0.416 e. The molecule has 3 N–H and O–H groups in total. The number of ether oxygens (including phenoxy) is 1. The summed E-state index contributed by atoms with van der Waals surface area (Å²) in [5.41, 5.74) is 6.60. The van der Waals surface area contributed by atoms with Gasteiger partial charge in [0.15, 0.2) is 9.84 Å². The van der Waals surface area contributed by atoms with E-state index in [1.54, 1.807) is 18.2 Å². The number of hydrogen-bond donors (Lipinski definition) is 2. The summed E-state index contributed by atoms with van der Waals surface area (Å²) in [6.45, 7) is 2.16. The molecule has 2 aromatic carbocycles. The number of carbonyl (C=O) groups excluding carboxylic acids is 1. The third-order valence-corrected chi connectivity index (χ3v) is 8.43. The van der Waals surface area contributed by atoms with Gasteiger partial charge in [-0.25, -0.2) is 8.42 Å². The van der Waals surface area contributed by atoms with Crippen molar-refractivity contribution in [2.75, 3.05) is 30.3 Å². The monoisotopic (exact) mass is 563 g/mol. The van der Waals surface area contributed by atoms with Crippen molar-refractivity contribution in [3.63, 3.8) is 0 Å². The van der Waals surface area contributed by atoms with Crippen LogP contribution < -0.4 is 15.4 Å². The van der Waals surface area contributed by atoms with Crippen LogP contribution in [0.2, 0.25) is 0 Å². The molecule has 1 amide bonds. The standard InChI is InChI=1S/C27H28F3N3O5S/c1-2-39(36,37)21-8-10-25(32-14-21)24(16-34)23-13-18(5-9-22(23)26(31)35)33-12-11-20(15-33)38-19-6-3-17(4-7-19)27(28,29)30/h3-10,13-14,20,24,34H,2,11-12,15-16H2,1H3,(H2,31,35)/t20?,24-/m1/s1. The van der Waals surface area contributed by atoms with Crippen molar-refractivity contribution in [1.82, 2.24) is 4.98 Å². The molecule has 39 heavy (non-hydrogen) atoms. The molecular weight excluding hydrogens is 535 g/mol. The smallest absolute Gasteiger partial charge is 0.416 e. The molecule has 0 saturated carbocycles. The molecule has 1 aromatic heterocycles.